The van der Waals surface area contributed by atoms with E-state index in [0.717, 1.165) is 16.6 Å². The molecule has 0 aliphatic carbocycles. The molecule has 7 heteroatoms. The Kier molecular flexibility index (Phi) is 6.13. The van der Waals surface area contributed by atoms with Gasteiger partial charge in [0.1, 0.15) is 5.82 Å². The number of carbonyl (C=O) groups excluding carboxylic acids is 2. The molecule has 27 heavy (non-hydrogen) atoms. The third-order valence-electron chi connectivity index (χ3n) is 3.81. The van der Waals surface area contributed by atoms with Crippen LogP contribution >= 0.6 is 15.9 Å². The van der Waals surface area contributed by atoms with Crippen LogP contribution in [0.25, 0.3) is 10.9 Å². The monoisotopic (exact) mass is 430 g/mol. The number of halogens is 2. The molecular formula is C20H16BrFN2O3. The summed E-state index contributed by atoms with van der Waals surface area (Å²) in [5.74, 6) is -1.70. The van der Waals surface area contributed by atoms with Gasteiger partial charge in [-0.1, -0.05) is 40.2 Å². The van der Waals surface area contributed by atoms with E-state index in [1.165, 1.54) is 12.1 Å². The second-order valence-electron chi connectivity index (χ2n) is 5.83. The number of aryl methyl sites for hydroxylation is 1. The quantitative estimate of drug-likeness (QED) is 0.593. The van der Waals surface area contributed by atoms with Gasteiger partial charge in [0.2, 0.25) is 0 Å². The van der Waals surface area contributed by atoms with Crippen molar-refractivity contribution in [3.05, 3.63) is 70.6 Å². The number of esters is 1. The van der Waals surface area contributed by atoms with Crippen molar-refractivity contribution < 1.29 is 18.7 Å². The lowest BCUT2D eigenvalue weighted by molar-refractivity contribution is -0.147. The van der Waals surface area contributed by atoms with Crippen LogP contribution in [0.4, 0.5) is 10.1 Å². The second-order valence-corrected chi connectivity index (χ2v) is 6.74. The molecule has 0 radical (unpaired) electrons. The number of ether oxygens (including phenoxy) is 1. The van der Waals surface area contributed by atoms with Crippen LogP contribution < -0.4 is 5.32 Å². The zero-order valence-electron chi connectivity index (χ0n) is 14.2. The molecule has 0 spiro atoms. The number of rotatable bonds is 6. The second kappa shape index (κ2) is 8.73. The number of benzene rings is 2. The van der Waals surface area contributed by atoms with Crippen molar-refractivity contribution in [3.8, 4) is 0 Å². The Bertz CT molecular complexity index is 994. The Balaban J connectivity index is 1.46. The van der Waals surface area contributed by atoms with Crippen molar-refractivity contribution in [1.82, 2.24) is 4.98 Å². The molecule has 0 aliphatic heterocycles. The van der Waals surface area contributed by atoms with Gasteiger partial charge >= 0.3 is 5.97 Å². The summed E-state index contributed by atoms with van der Waals surface area (Å²) in [5, 5.41) is 3.39. The third-order valence-corrected chi connectivity index (χ3v) is 4.30. The molecule has 0 saturated carbocycles. The Morgan fingerprint density at radius 3 is 2.74 bits per heavy atom. The molecule has 1 aromatic heterocycles. The Morgan fingerprint density at radius 2 is 1.93 bits per heavy atom. The minimum Gasteiger partial charge on any atom is -0.456 e. The number of carbonyl (C=O) groups is 2. The Labute approximate surface area is 163 Å². The van der Waals surface area contributed by atoms with Crippen molar-refractivity contribution in [3.63, 3.8) is 0 Å². The van der Waals surface area contributed by atoms with E-state index in [-0.39, 0.29) is 12.1 Å². The number of pyridine rings is 1. The first kappa shape index (κ1) is 19.0. The summed E-state index contributed by atoms with van der Waals surface area (Å²) in [5.41, 5.74) is 1.66. The lowest BCUT2D eigenvalue weighted by Gasteiger charge is -2.08. The minimum atomic E-state index is -0.603. The number of fused-ring (bicyclic) bond motifs is 1. The van der Waals surface area contributed by atoms with E-state index in [4.69, 9.17) is 4.74 Å². The fraction of sp³-hybridized carbons (Fsp3) is 0.150. The highest BCUT2D eigenvalue weighted by molar-refractivity contribution is 9.10. The first-order valence-corrected chi connectivity index (χ1v) is 9.06. The molecule has 0 aliphatic rings. The predicted molar refractivity (Wildman–Crippen MR) is 104 cm³/mol. The number of para-hydroxylation sites is 1. The minimum absolute atomic E-state index is 0.0274. The van der Waals surface area contributed by atoms with E-state index in [1.54, 1.807) is 6.07 Å². The summed E-state index contributed by atoms with van der Waals surface area (Å²) in [7, 11) is 0. The maximum atomic E-state index is 13.7. The van der Waals surface area contributed by atoms with E-state index in [0.29, 0.717) is 10.9 Å². The fourth-order valence-corrected chi connectivity index (χ4v) is 2.81. The van der Waals surface area contributed by atoms with Gasteiger partial charge in [-0.05, 0) is 30.3 Å². The third kappa shape index (κ3) is 5.34. The smallest absolute Gasteiger partial charge is 0.306 e. The normalized spacial score (nSPS) is 10.6. The van der Waals surface area contributed by atoms with Crippen LogP contribution in [0.3, 0.4) is 0 Å². The summed E-state index contributed by atoms with van der Waals surface area (Å²) in [6, 6.07) is 15.8. The first-order valence-electron chi connectivity index (χ1n) is 8.26. The summed E-state index contributed by atoms with van der Waals surface area (Å²) in [6.07, 6.45) is 0.512. The SMILES string of the molecule is O=C(COC(=O)CCc1ccc2ccccc2n1)Nc1ccc(Br)cc1F. The highest BCUT2D eigenvalue weighted by Gasteiger charge is 2.11. The average Bonchev–Trinajstić information content (AvgIpc) is 2.67. The molecule has 3 rings (SSSR count). The highest BCUT2D eigenvalue weighted by atomic mass is 79.9. The van der Waals surface area contributed by atoms with Gasteiger partial charge in [0.05, 0.1) is 17.6 Å². The van der Waals surface area contributed by atoms with Gasteiger partial charge < -0.3 is 10.1 Å². The van der Waals surface area contributed by atoms with Gasteiger partial charge in [0.25, 0.3) is 5.91 Å². The lowest BCUT2D eigenvalue weighted by atomic mass is 10.1. The van der Waals surface area contributed by atoms with Gasteiger partial charge in [-0.3, -0.25) is 14.6 Å². The summed E-state index contributed by atoms with van der Waals surface area (Å²) in [4.78, 5) is 28.1. The molecule has 0 atom stereocenters. The average molecular weight is 431 g/mol. The number of hydrogen-bond acceptors (Lipinski definition) is 4. The van der Waals surface area contributed by atoms with E-state index in [2.05, 4.69) is 26.2 Å². The topological polar surface area (TPSA) is 68.3 Å². The molecule has 3 aromatic rings. The van der Waals surface area contributed by atoms with Crippen LogP contribution in [0.5, 0.6) is 0 Å². The molecule has 138 valence electrons. The summed E-state index contributed by atoms with van der Waals surface area (Å²) < 4.78 is 19.2. The molecule has 5 nitrogen and oxygen atoms in total. The molecule has 0 bridgehead atoms. The molecule has 0 saturated heterocycles. The van der Waals surface area contributed by atoms with E-state index in [1.807, 2.05) is 36.4 Å². The standard InChI is InChI=1S/C20H16BrFN2O3/c21-14-6-9-18(16(22)11-14)24-19(25)12-27-20(26)10-8-15-7-5-13-3-1-2-4-17(13)23-15/h1-7,9,11H,8,10,12H2,(H,24,25). The first-order chi connectivity index (χ1) is 13.0. The van der Waals surface area contributed by atoms with Gasteiger partial charge in [0.15, 0.2) is 6.61 Å². The predicted octanol–water partition coefficient (Wildman–Crippen LogP) is 4.25. The molecule has 1 amide bonds. The summed E-state index contributed by atoms with van der Waals surface area (Å²) in [6.45, 7) is -0.473. The van der Waals surface area contributed by atoms with Crippen LogP contribution in [0.2, 0.25) is 0 Å². The number of anilines is 1. The number of aromatic nitrogens is 1. The van der Waals surface area contributed by atoms with Crippen LogP contribution in [0.1, 0.15) is 12.1 Å². The van der Waals surface area contributed by atoms with Gasteiger partial charge in [-0.2, -0.15) is 0 Å². The maximum absolute atomic E-state index is 13.7. The van der Waals surface area contributed by atoms with Gasteiger partial charge in [0, 0.05) is 22.0 Å². The van der Waals surface area contributed by atoms with Crippen LogP contribution in [0, 0.1) is 5.82 Å². The van der Waals surface area contributed by atoms with Gasteiger partial charge in [-0.15, -0.1) is 0 Å². The number of amides is 1. The number of nitrogens with zero attached hydrogens (tertiary/aromatic N) is 1. The fourth-order valence-electron chi connectivity index (χ4n) is 2.47. The molecular weight excluding hydrogens is 415 g/mol. The molecule has 1 N–H and O–H groups in total. The lowest BCUT2D eigenvalue weighted by Crippen LogP contribution is -2.21. The van der Waals surface area contributed by atoms with E-state index in [9.17, 15) is 14.0 Å². The maximum Gasteiger partial charge on any atom is 0.306 e. The number of hydrogen-bond donors (Lipinski definition) is 1. The van der Waals surface area contributed by atoms with Crippen LogP contribution in [0.15, 0.2) is 59.1 Å². The van der Waals surface area contributed by atoms with Crippen LogP contribution in [-0.2, 0) is 20.7 Å². The van der Waals surface area contributed by atoms with Crippen molar-refractivity contribution >= 4 is 44.4 Å². The molecule has 1 heterocycles. The zero-order chi connectivity index (χ0) is 19.2. The zero-order valence-corrected chi connectivity index (χ0v) is 15.8. The van der Waals surface area contributed by atoms with Crippen molar-refractivity contribution in [2.75, 3.05) is 11.9 Å². The molecule has 0 unspecified atom stereocenters. The largest absolute Gasteiger partial charge is 0.456 e. The Morgan fingerprint density at radius 1 is 1.11 bits per heavy atom. The molecule has 2 aromatic carbocycles. The van der Waals surface area contributed by atoms with E-state index >= 15 is 0 Å². The van der Waals surface area contributed by atoms with Crippen molar-refractivity contribution in [2.24, 2.45) is 0 Å². The highest BCUT2D eigenvalue weighted by Crippen LogP contribution is 2.19. The van der Waals surface area contributed by atoms with Gasteiger partial charge in [-0.25, -0.2) is 4.39 Å². The molecule has 0 fully saturated rings. The van der Waals surface area contributed by atoms with Crippen LogP contribution in [-0.4, -0.2) is 23.5 Å². The van der Waals surface area contributed by atoms with Crippen molar-refractivity contribution in [2.45, 2.75) is 12.8 Å². The number of nitrogens with one attached hydrogen (secondary N) is 1. The summed E-state index contributed by atoms with van der Waals surface area (Å²) >= 11 is 3.13. The van der Waals surface area contributed by atoms with Crippen molar-refractivity contribution in [1.29, 1.82) is 0 Å². The van der Waals surface area contributed by atoms with E-state index < -0.39 is 24.3 Å². The Hall–Kier alpha value is -2.80.